The number of nitriles is 1. The number of fused-ring (bicyclic) bond motifs is 1. The van der Waals surface area contributed by atoms with Crippen molar-refractivity contribution in [2.75, 3.05) is 0 Å². The molecule has 2 heterocycles. The third kappa shape index (κ3) is 2.28. The molecule has 3 N–H and O–H groups in total. The predicted molar refractivity (Wildman–Crippen MR) is 86.1 cm³/mol. The highest BCUT2D eigenvalue weighted by molar-refractivity contribution is 9.10. The SMILES string of the molecule is Cc1cc2c(c(=O)n1O)C(c1ccccc1Br)C(C#N)=C(N)O2. The van der Waals surface area contributed by atoms with E-state index in [4.69, 9.17) is 10.5 Å². The second-order valence-electron chi connectivity index (χ2n) is 5.13. The number of benzene rings is 1. The molecule has 0 bridgehead atoms. The van der Waals surface area contributed by atoms with Crippen LogP contribution in [0.2, 0.25) is 0 Å². The monoisotopic (exact) mass is 373 g/mol. The van der Waals surface area contributed by atoms with Gasteiger partial charge < -0.3 is 15.7 Å². The van der Waals surface area contributed by atoms with Crippen LogP contribution < -0.4 is 16.0 Å². The van der Waals surface area contributed by atoms with Gasteiger partial charge in [0.2, 0.25) is 5.88 Å². The molecule has 0 spiro atoms. The van der Waals surface area contributed by atoms with Crippen LogP contribution in [-0.2, 0) is 0 Å². The fourth-order valence-corrected chi connectivity index (χ4v) is 3.17. The largest absolute Gasteiger partial charge is 0.440 e. The summed E-state index contributed by atoms with van der Waals surface area (Å²) in [6.45, 7) is 1.57. The van der Waals surface area contributed by atoms with Crippen molar-refractivity contribution in [1.29, 1.82) is 5.26 Å². The van der Waals surface area contributed by atoms with Gasteiger partial charge in [0.1, 0.15) is 17.4 Å². The van der Waals surface area contributed by atoms with Crippen LogP contribution in [0.3, 0.4) is 0 Å². The zero-order chi connectivity index (χ0) is 16.7. The van der Waals surface area contributed by atoms with Crippen LogP contribution in [0.4, 0.5) is 0 Å². The molecule has 1 aromatic carbocycles. The number of aromatic nitrogens is 1. The van der Waals surface area contributed by atoms with Crippen LogP contribution in [0.5, 0.6) is 5.75 Å². The van der Waals surface area contributed by atoms with Gasteiger partial charge in [-0.15, -0.1) is 0 Å². The summed E-state index contributed by atoms with van der Waals surface area (Å²) in [5, 5.41) is 19.4. The zero-order valence-electron chi connectivity index (χ0n) is 12.1. The van der Waals surface area contributed by atoms with E-state index < -0.39 is 11.5 Å². The van der Waals surface area contributed by atoms with Crippen molar-refractivity contribution in [1.82, 2.24) is 4.73 Å². The third-order valence-electron chi connectivity index (χ3n) is 3.76. The molecule has 1 aromatic heterocycles. The zero-order valence-corrected chi connectivity index (χ0v) is 13.7. The first kappa shape index (κ1) is 15.2. The van der Waals surface area contributed by atoms with Crippen LogP contribution in [0.25, 0.3) is 0 Å². The van der Waals surface area contributed by atoms with Crippen molar-refractivity contribution in [2.45, 2.75) is 12.8 Å². The Balaban J connectivity index is 2.39. The second kappa shape index (κ2) is 5.48. The van der Waals surface area contributed by atoms with Gasteiger partial charge in [-0.2, -0.15) is 9.99 Å². The Kier molecular flexibility index (Phi) is 3.62. The van der Waals surface area contributed by atoms with Crippen molar-refractivity contribution in [3.8, 4) is 11.8 Å². The predicted octanol–water partition coefficient (Wildman–Crippen LogP) is 2.37. The molecule has 3 rings (SSSR count). The van der Waals surface area contributed by atoms with E-state index in [1.165, 1.54) is 6.07 Å². The number of halogens is 1. The number of aryl methyl sites for hydroxylation is 1. The summed E-state index contributed by atoms with van der Waals surface area (Å²) in [6, 6.07) is 10.7. The highest BCUT2D eigenvalue weighted by Crippen LogP contribution is 2.42. The van der Waals surface area contributed by atoms with Crippen molar-refractivity contribution in [3.63, 3.8) is 0 Å². The van der Waals surface area contributed by atoms with Gasteiger partial charge in [0, 0.05) is 10.5 Å². The molecule has 0 saturated carbocycles. The third-order valence-corrected chi connectivity index (χ3v) is 4.48. The summed E-state index contributed by atoms with van der Waals surface area (Å²) in [6.07, 6.45) is 0. The van der Waals surface area contributed by atoms with E-state index in [0.717, 1.165) is 4.47 Å². The molecule has 6 nitrogen and oxygen atoms in total. The second-order valence-corrected chi connectivity index (χ2v) is 5.98. The minimum atomic E-state index is -0.717. The number of hydrogen-bond donors (Lipinski definition) is 2. The van der Waals surface area contributed by atoms with E-state index in [0.29, 0.717) is 16.0 Å². The number of allylic oxidation sites excluding steroid dienone is 1. The highest BCUT2D eigenvalue weighted by Gasteiger charge is 2.35. The van der Waals surface area contributed by atoms with Gasteiger partial charge in [-0.1, -0.05) is 34.1 Å². The Morgan fingerprint density at radius 1 is 1.43 bits per heavy atom. The molecule has 0 radical (unpaired) electrons. The quantitative estimate of drug-likeness (QED) is 0.747. The topological polar surface area (TPSA) is 101 Å². The molecular formula is C16H12BrN3O3. The first-order valence-electron chi connectivity index (χ1n) is 6.73. The van der Waals surface area contributed by atoms with Crippen LogP contribution in [0, 0.1) is 18.3 Å². The first-order chi connectivity index (χ1) is 11.0. The van der Waals surface area contributed by atoms with Crippen molar-refractivity contribution in [2.24, 2.45) is 5.73 Å². The smallest absolute Gasteiger partial charge is 0.291 e. The van der Waals surface area contributed by atoms with Gasteiger partial charge in [0.05, 0.1) is 17.2 Å². The lowest BCUT2D eigenvalue weighted by molar-refractivity contribution is 0.165. The van der Waals surface area contributed by atoms with E-state index >= 15 is 0 Å². The van der Waals surface area contributed by atoms with Gasteiger partial charge in [-0.05, 0) is 18.6 Å². The molecule has 1 aliphatic rings. The fourth-order valence-electron chi connectivity index (χ4n) is 2.66. The van der Waals surface area contributed by atoms with Crippen molar-refractivity contribution >= 4 is 15.9 Å². The Morgan fingerprint density at radius 2 is 2.13 bits per heavy atom. The number of nitrogens with zero attached hydrogens (tertiary/aromatic N) is 2. The molecular weight excluding hydrogens is 362 g/mol. The summed E-state index contributed by atoms with van der Waals surface area (Å²) in [5.74, 6) is -0.517. The number of pyridine rings is 1. The Bertz CT molecular complexity index is 941. The van der Waals surface area contributed by atoms with Crippen molar-refractivity contribution < 1.29 is 9.94 Å². The van der Waals surface area contributed by atoms with Gasteiger partial charge in [-0.3, -0.25) is 4.79 Å². The van der Waals surface area contributed by atoms with E-state index in [1.807, 2.05) is 12.1 Å². The van der Waals surface area contributed by atoms with E-state index in [2.05, 4.69) is 15.9 Å². The lowest BCUT2D eigenvalue weighted by Crippen LogP contribution is -2.32. The van der Waals surface area contributed by atoms with Crippen molar-refractivity contribution in [3.05, 3.63) is 73.4 Å². The lowest BCUT2D eigenvalue weighted by Gasteiger charge is -2.26. The number of hydrogen-bond acceptors (Lipinski definition) is 5. The number of nitrogens with two attached hydrogens (primary N) is 1. The van der Waals surface area contributed by atoms with E-state index in [9.17, 15) is 15.3 Å². The first-order valence-corrected chi connectivity index (χ1v) is 7.52. The maximum atomic E-state index is 12.5. The normalized spacial score (nSPS) is 16.5. The molecule has 1 aliphatic heterocycles. The van der Waals surface area contributed by atoms with Crippen LogP contribution >= 0.6 is 15.9 Å². The average molecular weight is 374 g/mol. The van der Waals surface area contributed by atoms with Gasteiger partial charge in [0.25, 0.3) is 5.56 Å². The van der Waals surface area contributed by atoms with E-state index in [1.54, 1.807) is 25.1 Å². The number of ether oxygens (including phenoxy) is 1. The summed E-state index contributed by atoms with van der Waals surface area (Å²) in [4.78, 5) is 12.5. The minimum Gasteiger partial charge on any atom is -0.440 e. The molecule has 1 unspecified atom stereocenters. The van der Waals surface area contributed by atoms with Gasteiger partial charge >= 0.3 is 0 Å². The molecule has 2 aromatic rings. The molecule has 116 valence electrons. The Labute approximate surface area is 140 Å². The van der Waals surface area contributed by atoms with Crippen LogP contribution in [0.1, 0.15) is 22.7 Å². The molecule has 7 heteroatoms. The highest BCUT2D eigenvalue weighted by atomic mass is 79.9. The number of rotatable bonds is 1. The fraction of sp³-hybridized carbons (Fsp3) is 0.125. The molecule has 23 heavy (non-hydrogen) atoms. The summed E-state index contributed by atoms with van der Waals surface area (Å²) in [5.41, 5.74) is 6.54. The molecule has 0 amide bonds. The van der Waals surface area contributed by atoms with Gasteiger partial charge in [-0.25, -0.2) is 0 Å². The van der Waals surface area contributed by atoms with E-state index in [-0.39, 0.29) is 22.8 Å². The Hall–Kier alpha value is -2.72. The Morgan fingerprint density at radius 3 is 2.78 bits per heavy atom. The molecule has 0 aliphatic carbocycles. The van der Waals surface area contributed by atoms with Crippen LogP contribution in [0.15, 0.2) is 51.1 Å². The maximum Gasteiger partial charge on any atom is 0.291 e. The maximum absolute atomic E-state index is 12.5. The molecule has 1 atom stereocenters. The van der Waals surface area contributed by atoms with Crippen LogP contribution in [-0.4, -0.2) is 9.94 Å². The molecule has 0 fully saturated rings. The summed E-state index contributed by atoms with van der Waals surface area (Å²) in [7, 11) is 0. The molecule has 0 saturated heterocycles. The lowest BCUT2D eigenvalue weighted by atomic mass is 9.84. The summed E-state index contributed by atoms with van der Waals surface area (Å²) >= 11 is 3.43. The average Bonchev–Trinajstić information content (AvgIpc) is 2.52. The summed E-state index contributed by atoms with van der Waals surface area (Å²) < 4.78 is 6.71. The standard InChI is InChI=1S/C16H12BrN3O3/c1-8-6-12-14(16(21)20(8)22)13(10(7-18)15(19)23-12)9-4-2-3-5-11(9)17/h2-6,13,22H,19H2,1H3. The minimum absolute atomic E-state index is 0.0461. The van der Waals surface area contributed by atoms with Gasteiger partial charge in [0.15, 0.2) is 0 Å².